The lowest BCUT2D eigenvalue weighted by Crippen LogP contribution is -2.39. The van der Waals surface area contributed by atoms with Crippen molar-refractivity contribution in [3.63, 3.8) is 0 Å². The zero-order valence-corrected chi connectivity index (χ0v) is 21.0. The average molecular weight is 487 g/mol. The van der Waals surface area contributed by atoms with Gasteiger partial charge in [0.25, 0.3) is 0 Å². The molecule has 0 unspecified atom stereocenters. The van der Waals surface area contributed by atoms with Gasteiger partial charge in [-0.25, -0.2) is 0 Å². The molecule has 4 N–H and O–H groups in total. The highest BCUT2D eigenvalue weighted by Crippen LogP contribution is 1.98. The van der Waals surface area contributed by atoms with Gasteiger partial charge in [0.05, 0.1) is 37.9 Å². The third-order valence-corrected chi connectivity index (χ3v) is 5.73. The van der Waals surface area contributed by atoms with Crippen molar-refractivity contribution in [2.24, 2.45) is 10.2 Å². The molecular formula is C20H38N8O2S2. The number of hydrogen-bond donors (Lipinski definition) is 4. The van der Waals surface area contributed by atoms with Gasteiger partial charge in [0.1, 0.15) is 0 Å². The summed E-state index contributed by atoms with van der Waals surface area (Å²) < 4.78 is 10.7. The molecule has 2 aliphatic rings. The van der Waals surface area contributed by atoms with Crippen LogP contribution in [0.4, 0.5) is 0 Å². The van der Waals surface area contributed by atoms with E-state index < -0.39 is 0 Å². The Morgan fingerprint density at radius 2 is 1.09 bits per heavy atom. The molecule has 2 heterocycles. The van der Waals surface area contributed by atoms with Crippen molar-refractivity contribution in [3.8, 4) is 0 Å². The van der Waals surface area contributed by atoms with Crippen molar-refractivity contribution in [1.29, 1.82) is 0 Å². The third kappa shape index (κ3) is 12.0. The van der Waals surface area contributed by atoms with E-state index in [4.69, 9.17) is 33.9 Å². The number of thiocarbonyl (C=S) groups is 2. The standard InChI is InChI=1S/C20H38N8O2S2/c1-17(23-25-19(31)21-5-3-7-27-9-13-29-14-10-27)18(2)24-26-20(32)22-6-4-8-28-11-15-30-16-12-28/h3-16H2,1-2H3,(H2,21,25,31)(H2,22,26,32)/b23-17-,24-18+. The molecule has 2 saturated heterocycles. The molecule has 0 aromatic rings. The second-order valence-corrected chi connectivity index (χ2v) is 8.56. The van der Waals surface area contributed by atoms with Gasteiger partial charge in [0, 0.05) is 39.3 Å². The second-order valence-electron chi connectivity index (χ2n) is 7.74. The predicted octanol–water partition coefficient (Wildman–Crippen LogP) is 0.111. The van der Waals surface area contributed by atoms with Crippen LogP contribution in [-0.4, -0.2) is 110 Å². The highest BCUT2D eigenvalue weighted by molar-refractivity contribution is 7.80. The number of nitrogens with one attached hydrogen (secondary N) is 4. The summed E-state index contributed by atoms with van der Waals surface area (Å²) in [4.78, 5) is 4.81. The smallest absolute Gasteiger partial charge is 0.186 e. The van der Waals surface area contributed by atoms with Crippen LogP contribution < -0.4 is 21.5 Å². The largest absolute Gasteiger partial charge is 0.379 e. The molecule has 0 radical (unpaired) electrons. The van der Waals surface area contributed by atoms with Crippen LogP contribution in [0.1, 0.15) is 26.7 Å². The molecule has 2 fully saturated rings. The van der Waals surface area contributed by atoms with Gasteiger partial charge in [-0.3, -0.25) is 20.7 Å². The molecule has 182 valence electrons. The molecule has 2 aliphatic heterocycles. The molecule has 32 heavy (non-hydrogen) atoms. The van der Waals surface area contributed by atoms with Crippen molar-refractivity contribution in [3.05, 3.63) is 0 Å². The molecule has 2 rings (SSSR count). The van der Waals surface area contributed by atoms with E-state index in [0.717, 1.165) is 103 Å². The number of ether oxygens (including phenoxy) is 2. The van der Waals surface area contributed by atoms with Crippen molar-refractivity contribution >= 4 is 46.1 Å². The Labute approximate surface area is 202 Å². The van der Waals surface area contributed by atoms with Gasteiger partial charge in [0.15, 0.2) is 10.2 Å². The lowest BCUT2D eigenvalue weighted by atomic mass is 10.3. The fourth-order valence-corrected chi connectivity index (χ4v) is 3.46. The summed E-state index contributed by atoms with van der Waals surface area (Å²) >= 11 is 10.6. The van der Waals surface area contributed by atoms with E-state index in [1.54, 1.807) is 0 Å². The van der Waals surface area contributed by atoms with Crippen LogP contribution in [0.3, 0.4) is 0 Å². The number of morpholine rings is 2. The number of nitrogens with zero attached hydrogens (tertiary/aromatic N) is 4. The molecule has 0 amide bonds. The molecule has 0 aromatic heterocycles. The van der Waals surface area contributed by atoms with Crippen LogP contribution in [0.25, 0.3) is 0 Å². The van der Waals surface area contributed by atoms with Crippen molar-refractivity contribution in [2.75, 3.05) is 78.8 Å². The average Bonchev–Trinajstić information content (AvgIpc) is 2.82. The first-order chi connectivity index (χ1) is 15.5. The van der Waals surface area contributed by atoms with Crippen LogP contribution in [0.5, 0.6) is 0 Å². The highest BCUT2D eigenvalue weighted by atomic mass is 32.1. The van der Waals surface area contributed by atoms with Gasteiger partial charge in [-0.15, -0.1) is 0 Å². The fourth-order valence-electron chi connectivity index (χ4n) is 3.17. The predicted molar refractivity (Wildman–Crippen MR) is 137 cm³/mol. The Morgan fingerprint density at radius 1 is 0.719 bits per heavy atom. The molecule has 0 bridgehead atoms. The third-order valence-electron chi connectivity index (χ3n) is 5.25. The summed E-state index contributed by atoms with van der Waals surface area (Å²) in [6, 6.07) is 0. The molecule has 10 nitrogen and oxygen atoms in total. The van der Waals surface area contributed by atoms with Crippen LogP contribution in [0.2, 0.25) is 0 Å². The Bertz CT molecular complexity index is 581. The monoisotopic (exact) mass is 486 g/mol. The maximum atomic E-state index is 5.36. The molecular weight excluding hydrogens is 448 g/mol. The van der Waals surface area contributed by atoms with E-state index in [1.807, 2.05) is 13.8 Å². The van der Waals surface area contributed by atoms with Gasteiger partial charge in [-0.1, -0.05) is 0 Å². The maximum Gasteiger partial charge on any atom is 0.186 e. The minimum Gasteiger partial charge on any atom is -0.379 e. The summed E-state index contributed by atoms with van der Waals surface area (Å²) in [5.41, 5.74) is 7.19. The van der Waals surface area contributed by atoms with Crippen LogP contribution in [0, 0.1) is 0 Å². The zero-order valence-electron chi connectivity index (χ0n) is 19.3. The van der Waals surface area contributed by atoms with Gasteiger partial charge in [0.2, 0.25) is 0 Å². The zero-order chi connectivity index (χ0) is 23.0. The Hall–Kier alpha value is -1.44. The van der Waals surface area contributed by atoms with Crippen molar-refractivity contribution in [2.45, 2.75) is 26.7 Å². The highest BCUT2D eigenvalue weighted by Gasteiger charge is 2.10. The summed E-state index contributed by atoms with van der Waals surface area (Å²) in [5, 5.41) is 15.9. The van der Waals surface area contributed by atoms with E-state index in [0.29, 0.717) is 10.2 Å². The van der Waals surface area contributed by atoms with Crippen molar-refractivity contribution < 1.29 is 9.47 Å². The maximum absolute atomic E-state index is 5.36. The van der Waals surface area contributed by atoms with Crippen molar-refractivity contribution in [1.82, 2.24) is 31.3 Å². The normalized spacial score (nSPS) is 18.8. The molecule has 0 spiro atoms. The second kappa shape index (κ2) is 16.2. The van der Waals surface area contributed by atoms with Gasteiger partial charge >= 0.3 is 0 Å². The van der Waals surface area contributed by atoms with E-state index in [9.17, 15) is 0 Å². The summed E-state index contributed by atoms with van der Waals surface area (Å²) in [6.07, 6.45) is 2.04. The van der Waals surface area contributed by atoms with Gasteiger partial charge < -0.3 is 20.1 Å². The quantitative estimate of drug-likeness (QED) is 0.139. The Morgan fingerprint density at radius 3 is 1.47 bits per heavy atom. The molecule has 0 aromatic carbocycles. The molecule has 0 saturated carbocycles. The van der Waals surface area contributed by atoms with E-state index in [1.165, 1.54) is 0 Å². The first-order valence-electron chi connectivity index (χ1n) is 11.3. The lowest BCUT2D eigenvalue weighted by molar-refractivity contribution is 0.0375. The SMILES string of the molecule is CC(=N/NC(=S)NCCCN1CCOCC1)/C(C)=N/NC(=S)NCCCN1CCOCC1. The van der Waals surface area contributed by atoms with Crippen LogP contribution >= 0.6 is 24.4 Å². The minimum absolute atomic E-state index is 0.504. The first-order valence-corrected chi connectivity index (χ1v) is 12.1. The van der Waals surface area contributed by atoms with Crippen LogP contribution in [-0.2, 0) is 9.47 Å². The summed E-state index contributed by atoms with van der Waals surface area (Å²) in [7, 11) is 0. The lowest BCUT2D eigenvalue weighted by Gasteiger charge is -2.26. The van der Waals surface area contributed by atoms with E-state index in [2.05, 4.69) is 41.5 Å². The fraction of sp³-hybridized carbons (Fsp3) is 0.800. The summed E-state index contributed by atoms with van der Waals surface area (Å²) in [6.45, 7) is 14.8. The number of rotatable bonds is 11. The summed E-state index contributed by atoms with van der Waals surface area (Å²) in [5.74, 6) is 0. The minimum atomic E-state index is 0.504. The Kier molecular flexibility index (Phi) is 13.6. The first kappa shape index (κ1) is 26.8. The van der Waals surface area contributed by atoms with Gasteiger partial charge in [-0.05, 0) is 64.2 Å². The molecule has 0 atom stereocenters. The Balaban J connectivity index is 1.53. The topological polar surface area (TPSA) is 97.8 Å². The number of hydrazone groups is 2. The van der Waals surface area contributed by atoms with E-state index in [-0.39, 0.29) is 0 Å². The van der Waals surface area contributed by atoms with Gasteiger partial charge in [-0.2, -0.15) is 10.2 Å². The van der Waals surface area contributed by atoms with E-state index >= 15 is 0 Å². The van der Waals surface area contributed by atoms with Crippen LogP contribution in [0.15, 0.2) is 10.2 Å². The number of hydrogen-bond acceptors (Lipinski definition) is 8. The molecule has 0 aliphatic carbocycles. The molecule has 12 heteroatoms.